The van der Waals surface area contributed by atoms with E-state index in [1.807, 2.05) is 54.1 Å². The molecule has 0 N–H and O–H groups in total. The molecule has 0 bridgehead atoms. The summed E-state index contributed by atoms with van der Waals surface area (Å²) in [7, 11) is 0. The van der Waals surface area contributed by atoms with Gasteiger partial charge in [-0.2, -0.15) is 11.3 Å². The van der Waals surface area contributed by atoms with E-state index in [-0.39, 0.29) is 0 Å². The monoisotopic (exact) mass is 255 g/mol. The molecular formula is C15H13NOS. The van der Waals surface area contributed by atoms with Gasteiger partial charge in [0.05, 0.1) is 0 Å². The Labute approximate surface area is 111 Å². The minimum Gasteiger partial charge on any atom is -0.390 e. The van der Waals surface area contributed by atoms with Crippen LogP contribution >= 0.6 is 11.3 Å². The number of benzene rings is 1. The maximum absolute atomic E-state index is 5.24. The highest BCUT2D eigenvalue weighted by Crippen LogP contribution is 2.03. The lowest BCUT2D eigenvalue weighted by Gasteiger charge is -1.98. The van der Waals surface area contributed by atoms with Gasteiger partial charge in [0.25, 0.3) is 0 Å². The fourth-order valence-electron chi connectivity index (χ4n) is 1.30. The quantitative estimate of drug-likeness (QED) is 0.465. The van der Waals surface area contributed by atoms with Crippen LogP contribution in [0.3, 0.4) is 0 Å². The molecule has 0 radical (unpaired) electrons. The molecular weight excluding hydrogens is 242 g/mol. The minimum absolute atomic E-state index is 0.471. The number of thiophene rings is 1. The second-order valence-electron chi connectivity index (χ2n) is 3.70. The van der Waals surface area contributed by atoms with Gasteiger partial charge in [0, 0.05) is 10.9 Å². The number of hydrogen-bond acceptors (Lipinski definition) is 3. The highest BCUT2D eigenvalue weighted by atomic mass is 32.1. The van der Waals surface area contributed by atoms with Crippen LogP contribution in [0.4, 0.5) is 0 Å². The molecule has 1 heterocycles. The summed E-state index contributed by atoms with van der Waals surface area (Å²) in [6, 6.07) is 11.9. The van der Waals surface area contributed by atoms with Crippen molar-refractivity contribution in [1.82, 2.24) is 0 Å². The van der Waals surface area contributed by atoms with E-state index in [1.54, 1.807) is 11.3 Å². The predicted octanol–water partition coefficient (Wildman–Crippen LogP) is 3.69. The van der Waals surface area contributed by atoms with Gasteiger partial charge >= 0.3 is 0 Å². The largest absolute Gasteiger partial charge is 0.390 e. The molecule has 1 aromatic heterocycles. The minimum atomic E-state index is 0.471. The molecule has 0 amide bonds. The molecule has 2 aromatic rings. The molecule has 2 nitrogen and oxygen atoms in total. The van der Waals surface area contributed by atoms with Gasteiger partial charge in [-0.15, -0.1) is 0 Å². The van der Waals surface area contributed by atoms with E-state index in [0.29, 0.717) is 12.3 Å². The zero-order chi connectivity index (χ0) is 12.6. The van der Waals surface area contributed by atoms with Crippen LogP contribution in [0.1, 0.15) is 18.1 Å². The van der Waals surface area contributed by atoms with Crippen LogP contribution in [0.25, 0.3) is 0 Å². The van der Waals surface area contributed by atoms with E-state index in [1.165, 1.54) is 0 Å². The summed E-state index contributed by atoms with van der Waals surface area (Å²) >= 11 is 1.63. The molecule has 0 saturated heterocycles. The van der Waals surface area contributed by atoms with Gasteiger partial charge in [-0.1, -0.05) is 41.4 Å². The first-order valence-electron chi connectivity index (χ1n) is 5.59. The molecule has 3 heteroatoms. The predicted molar refractivity (Wildman–Crippen MR) is 75.5 cm³/mol. The molecule has 90 valence electrons. The molecule has 0 saturated carbocycles. The molecule has 0 atom stereocenters. The fourth-order valence-corrected chi connectivity index (χ4v) is 1.89. The summed E-state index contributed by atoms with van der Waals surface area (Å²) in [5.41, 5.74) is 2.79. The highest BCUT2D eigenvalue weighted by molar-refractivity contribution is 7.08. The third kappa shape index (κ3) is 4.08. The van der Waals surface area contributed by atoms with Gasteiger partial charge in [-0.3, -0.25) is 0 Å². The molecule has 18 heavy (non-hydrogen) atoms. The van der Waals surface area contributed by atoms with Gasteiger partial charge in [0.2, 0.25) is 0 Å². The lowest BCUT2D eigenvalue weighted by molar-refractivity contribution is 0.131. The van der Waals surface area contributed by atoms with Gasteiger partial charge < -0.3 is 4.84 Å². The van der Waals surface area contributed by atoms with E-state index in [2.05, 4.69) is 17.0 Å². The average Bonchev–Trinajstić information content (AvgIpc) is 2.91. The molecule has 1 aromatic carbocycles. The topological polar surface area (TPSA) is 21.6 Å². The van der Waals surface area contributed by atoms with Crippen LogP contribution in [0.15, 0.2) is 52.3 Å². The number of nitrogens with zero attached hydrogens (tertiary/aromatic N) is 1. The van der Waals surface area contributed by atoms with Crippen molar-refractivity contribution >= 4 is 17.0 Å². The molecule has 0 fully saturated rings. The Balaban J connectivity index is 1.86. The normalized spacial score (nSPS) is 10.6. The van der Waals surface area contributed by atoms with Crippen molar-refractivity contribution < 1.29 is 4.84 Å². The van der Waals surface area contributed by atoms with Crippen molar-refractivity contribution in [3.05, 3.63) is 58.3 Å². The summed E-state index contributed by atoms with van der Waals surface area (Å²) in [6.07, 6.45) is 0. The van der Waals surface area contributed by atoms with E-state index < -0.39 is 0 Å². The van der Waals surface area contributed by atoms with Crippen LogP contribution in [-0.4, -0.2) is 5.71 Å². The average molecular weight is 255 g/mol. The first-order valence-corrected chi connectivity index (χ1v) is 6.53. The molecule has 0 unspecified atom stereocenters. The zero-order valence-corrected chi connectivity index (χ0v) is 10.9. The van der Waals surface area contributed by atoms with Gasteiger partial charge in [0.1, 0.15) is 12.3 Å². The first kappa shape index (κ1) is 12.4. The first-order chi connectivity index (χ1) is 8.84. The Morgan fingerprint density at radius 2 is 2.11 bits per heavy atom. The fraction of sp³-hybridized carbons (Fsp3) is 0.133. The van der Waals surface area contributed by atoms with Crippen molar-refractivity contribution in [3.63, 3.8) is 0 Å². The Hall–Kier alpha value is -2.05. The van der Waals surface area contributed by atoms with E-state index in [9.17, 15) is 0 Å². The second-order valence-corrected chi connectivity index (χ2v) is 4.48. The maximum atomic E-state index is 5.24. The second kappa shape index (κ2) is 6.63. The van der Waals surface area contributed by atoms with Gasteiger partial charge in [0.15, 0.2) is 0 Å². The number of oxime groups is 1. The van der Waals surface area contributed by atoms with Crippen molar-refractivity contribution in [1.29, 1.82) is 0 Å². The lowest BCUT2D eigenvalue weighted by atomic mass is 10.2. The Kier molecular flexibility index (Phi) is 4.57. The Bertz CT molecular complexity index is 562. The van der Waals surface area contributed by atoms with Crippen LogP contribution in [-0.2, 0) is 11.4 Å². The maximum Gasteiger partial charge on any atom is 0.142 e. The zero-order valence-electron chi connectivity index (χ0n) is 10.1. The van der Waals surface area contributed by atoms with Crippen LogP contribution < -0.4 is 0 Å². The summed E-state index contributed by atoms with van der Waals surface area (Å²) in [6.45, 7) is 2.31. The molecule has 0 spiro atoms. The van der Waals surface area contributed by atoms with Gasteiger partial charge in [-0.25, -0.2) is 0 Å². The van der Waals surface area contributed by atoms with E-state index >= 15 is 0 Å². The molecule has 0 aliphatic carbocycles. The SMILES string of the molecule is CC(C#Cc1ccsc1)=NOCc1ccccc1. The summed E-state index contributed by atoms with van der Waals surface area (Å²) in [5.74, 6) is 5.98. The third-order valence-corrected chi connectivity index (χ3v) is 2.87. The Morgan fingerprint density at radius 3 is 2.83 bits per heavy atom. The lowest BCUT2D eigenvalue weighted by Crippen LogP contribution is -1.91. The van der Waals surface area contributed by atoms with E-state index in [4.69, 9.17) is 4.84 Å². The third-order valence-electron chi connectivity index (χ3n) is 2.18. The van der Waals surface area contributed by atoms with Crippen molar-refractivity contribution in [2.24, 2.45) is 5.16 Å². The number of hydrogen-bond donors (Lipinski definition) is 0. The summed E-state index contributed by atoms with van der Waals surface area (Å²) < 4.78 is 0. The van der Waals surface area contributed by atoms with Crippen LogP contribution in [0.5, 0.6) is 0 Å². The smallest absolute Gasteiger partial charge is 0.142 e. The summed E-state index contributed by atoms with van der Waals surface area (Å²) in [5, 5.41) is 7.97. The Morgan fingerprint density at radius 1 is 1.28 bits per heavy atom. The molecule has 0 aliphatic heterocycles. The van der Waals surface area contributed by atoms with Gasteiger partial charge in [-0.05, 0) is 29.9 Å². The van der Waals surface area contributed by atoms with Crippen molar-refractivity contribution in [3.8, 4) is 11.8 Å². The van der Waals surface area contributed by atoms with Crippen molar-refractivity contribution in [2.75, 3.05) is 0 Å². The highest BCUT2D eigenvalue weighted by Gasteiger charge is 1.91. The standard InChI is InChI=1S/C15H13NOS/c1-13(7-8-15-9-10-18-12-15)16-17-11-14-5-3-2-4-6-14/h2-6,9-10,12H,11H2,1H3. The van der Waals surface area contributed by atoms with E-state index in [0.717, 1.165) is 11.1 Å². The number of rotatable bonds is 3. The summed E-state index contributed by atoms with van der Waals surface area (Å²) in [4.78, 5) is 5.24. The van der Waals surface area contributed by atoms with Crippen LogP contribution in [0.2, 0.25) is 0 Å². The molecule has 0 aliphatic rings. The molecule has 2 rings (SSSR count). The van der Waals surface area contributed by atoms with Crippen molar-refractivity contribution in [2.45, 2.75) is 13.5 Å². The van der Waals surface area contributed by atoms with Crippen LogP contribution in [0, 0.1) is 11.8 Å².